The van der Waals surface area contributed by atoms with E-state index in [1.807, 2.05) is 0 Å². The van der Waals surface area contributed by atoms with Gasteiger partial charge in [0.05, 0.1) is 7.11 Å². The van der Waals surface area contributed by atoms with Crippen molar-refractivity contribution in [3.8, 4) is 0 Å². The second kappa shape index (κ2) is 4.89. The first kappa shape index (κ1) is 11.7. The summed E-state index contributed by atoms with van der Waals surface area (Å²) in [6, 6.07) is 5.18. The van der Waals surface area contributed by atoms with Crippen LogP contribution in [0, 0.1) is 5.82 Å². The monoisotopic (exact) mass is 230 g/mol. The highest BCUT2D eigenvalue weighted by molar-refractivity contribution is 6.47. The van der Waals surface area contributed by atoms with Crippen molar-refractivity contribution in [2.45, 2.75) is 5.38 Å². The fourth-order valence-corrected chi connectivity index (χ4v) is 1.24. The molecule has 0 aromatic heterocycles. The van der Waals surface area contributed by atoms with Crippen molar-refractivity contribution < 1.29 is 18.7 Å². The van der Waals surface area contributed by atoms with E-state index in [-0.39, 0.29) is 5.56 Å². The van der Waals surface area contributed by atoms with Gasteiger partial charge in [0.15, 0.2) is 0 Å². The molecule has 1 aromatic rings. The summed E-state index contributed by atoms with van der Waals surface area (Å²) in [6.45, 7) is 0. The lowest BCUT2D eigenvalue weighted by Gasteiger charge is -2.06. The average Bonchev–Trinajstić information content (AvgIpc) is 2.26. The average molecular weight is 231 g/mol. The summed E-state index contributed by atoms with van der Waals surface area (Å²) in [5, 5.41) is -1.21. The predicted molar refractivity (Wildman–Crippen MR) is 52.0 cm³/mol. The number of esters is 1. The Bertz CT molecular complexity index is 392. The van der Waals surface area contributed by atoms with E-state index in [0.29, 0.717) is 0 Å². The molecular formula is C10H8ClFO3. The smallest absolute Gasteiger partial charge is 0.376 e. The van der Waals surface area contributed by atoms with Crippen LogP contribution in [0.15, 0.2) is 24.3 Å². The van der Waals surface area contributed by atoms with Gasteiger partial charge in [-0.25, -0.2) is 9.18 Å². The molecule has 0 saturated heterocycles. The summed E-state index contributed by atoms with van der Waals surface area (Å²) >= 11 is 5.69. The van der Waals surface area contributed by atoms with Gasteiger partial charge in [0.25, 0.3) is 5.78 Å². The lowest BCUT2D eigenvalue weighted by molar-refractivity contribution is -0.151. The highest BCUT2D eigenvalue weighted by Crippen LogP contribution is 2.22. The SMILES string of the molecule is COC(=O)C(=O)C(Cl)c1cccc(F)c1. The third-order valence-electron chi connectivity index (χ3n) is 1.76. The Morgan fingerprint density at radius 2 is 2.13 bits per heavy atom. The van der Waals surface area contributed by atoms with Crippen LogP contribution >= 0.6 is 11.6 Å². The van der Waals surface area contributed by atoms with Crippen LogP contribution in [0.2, 0.25) is 0 Å². The molecule has 0 spiro atoms. The van der Waals surface area contributed by atoms with Crippen LogP contribution in [0.4, 0.5) is 4.39 Å². The highest BCUT2D eigenvalue weighted by atomic mass is 35.5. The predicted octanol–water partition coefficient (Wildman–Crippen LogP) is 1.85. The minimum absolute atomic E-state index is 0.229. The number of Topliss-reactive ketones (excluding diaryl/α,β-unsaturated/α-hetero) is 1. The number of carbonyl (C=O) groups excluding carboxylic acids is 2. The molecule has 0 N–H and O–H groups in total. The van der Waals surface area contributed by atoms with Crippen LogP contribution < -0.4 is 0 Å². The van der Waals surface area contributed by atoms with E-state index in [0.717, 1.165) is 13.2 Å². The van der Waals surface area contributed by atoms with Crippen molar-refractivity contribution in [3.05, 3.63) is 35.6 Å². The minimum atomic E-state index is -1.21. The molecule has 0 aliphatic heterocycles. The third-order valence-corrected chi connectivity index (χ3v) is 2.21. The maximum absolute atomic E-state index is 12.8. The molecular weight excluding hydrogens is 223 g/mol. The van der Waals surface area contributed by atoms with Crippen molar-refractivity contribution in [2.24, 2.45) is 0 Å². The summed E-state index contributed by atoms with van der Waals surface area (Å²) in [4.78, 5) is 22.1. The van der Waals surface area contributed by atoms with Crippen LogP contribution in [0.3, 0.4) is 0 Å². The number of rotatable bonds is 3. The van der Waals surface area contributed by atoms with E-state index in [4.69, 9.17) is 11.6 Å². The van der Waals surface area contributed by atoms with E-state index in [9.17, 15) is 14.0 Å². The molecule has 1 aromatic carbocycles. The molecule has 0 saturated carbocycles. The second-order valence-corrected chi connectivity index (χ2v) is 3.21. The van der Waals surface area contributed by atoms with Crippen LogP contribution in [0.25, 0.3) is 0 Å². The van der Waals surface area contributed by atoms with Crippen LogP contribution in [0.1, 0.15) is 10.9 Å². The number of ketones is 1. The van der Waals surface area contributed by atoms with Gasteiger partial charge >= 0.3 is 5.97 Å². The first-order chi connectivity index (χ1) is 7.06. The van der Waals surface area contributed by atoms with Gasteiger partial charge in [0, 0.05) is 0 Å². The summed E-state index contributed by atoms with van der Waals surface area (Å²) in [7, 11) is 1.08. The Kier molecular flexibility index (Phi) is 3.80. The van der Waals surface area contributed by atoms with E-state index >= 15 is 0 Å². The van der Waals surface area contributed by atoms with Crippen molar-refractivity contribution in [2.75, 3.05) is 7.11 Å². The van der Waals surface area contributed by atoms with Gasteiger partial charge in [-0.05, 0) is 17.7 Å². The molecule has 3 nitrogen and oxygen atoms in total. The number of methoxy groups -OCH3 is 1. The summed E-state index contributed by atoms with van der Waals surface area (Å²) in [5.41, 5.74) is 0.229. The van der Waals surface area contributed by atoms with Crippen molar-refractivity contribution in [3.63, 3.8) is 0 Å². The van der Waals surface area contributed by atoms with Crippen LogP contribution in [0.5, 0.6) is 0 Å². The molecule has 1 atom stereocenters. The molecule has 15 heavy (non-hydrogen) atoms. The molecule has 0 heterocycles. The van der Waals surface area contributed by atoms with Crippen molar-refractivity contribution >= 4 is 23.4 Å². The zero-order chi connectivity index (χ0) is 11.4. The summed E-state index contributed by atoms with van der Waals surface area (Å²) in [6.07, 6.45) is 0. The summed E-state index contributed by atoms with van der Waals surface area (Å²) in [5.74, 6) is -2.47. The lowest BCUT2D eigenvalue weighted by atomic mass is 10.1. The molecule has 1 unspecified atom stereocenters. The number of halogens is 2. The molecule has 0 radical (unpaired) electrons. The lowest BCUT2D eigenvalue weighted by Crippen LogP contribution is -2.20. The Morgan fingerprint density at radius 3 is 2.67 bits per heavy atom. The molecule has 80 valence electrons. The molecule has 0 aliphatic carbocycles. The van der Waals surface area contributed by atoms with Gasteiger partial charge < -0.3 is 4.74 Å². The fourth-order valence-electron chi connectivity index (χ4n) is 1.02. The fraction of sp³-hybridized carbons (Fsp3) is 0.200. The number of benzene rings is 1. The second-order valence-electron chi connectivity index (χ2n) is 2.77. The van der Waals surface area contributed by atoms with Crippen molar-refractivity contribution in [1.82, 2.24) is 0 Å². The van der Waals surface area contributed by atoms with E-state index < -0.39 is 22.9 Å². The summed E-state index contributed by atoms with van der Waals surface area (Å²) < 4.78 is 17.0. The van der Waals surface area contributed by atoms with Gasteiger partial charge in [-0.15, -0.1) is 11.6 Å². The molecule has 5 heteroatoms. The maximum Gasteiger partial charge on any atom is 0.376 e. The molecule has 0 amide bonds. The minimum Gasteiger partial charge on any atom is -0.463 e. The molecule has 1 rings (SSSR count). The number of hydrogen-bond acceptors (Lipinski definition) is 3. The van der Waals surface area contributed by atoms with E-state index in [1.54, 1.807) is 0 Å². The van der Waals surface area contributed by atoms with Gasteiger partial charge in [0.2, 0.25) is 0 Å². The van der Waals surface area contributed by atoms with Crippen LogP contribution in [-0.4, -0.2) is 18.9 Å². The first-order valence-corrected chi connectivity index (χ1v) is 4.51. The van der Waals surface area contributed by atoms with Gasteiger partial charge in [-0.2, -0.15) is 0 Å². The van der Waals surface area contributed by atoms with Crippen LogP contribution in [-0.2, 0) is 14.3 Å². The highest BCUT2D eigenvalue weighted by Gasteiger charge is 2.25. The normalized spacial score (nSPS) is 11.9. The van der Waals surface area contributed by atoms with Gasteiger partial charge in [-0.1, -0.05) is 12.1 Å². The third kappa shape index (κ3) is 2.76. The Labute approximate surface area is 90.8 Å². The van der Waals surface area contributed by atoms with Crippen molar-refractivity contribution in [1.29, 1.82) is 0 Å². The molecule has 0 aliphatic rings. The van der Waals surface area contributed by atoms with E-state index in [2.05, 4.69) is 4.74 Å². The van der Waals surface area contributed by atoms with Gasteiger partial charge in [-0.3, -0.25) is 4.79 Å². The molecule has 0 bridgehead atoms. The number of carbonyl (C=O) groups is 2. The van der Waals surface area contributed by atoms with E-state index in [1.165, 1.54) is 18.2 Å². The topological polar surface area (TPSA) is 43.4 Å². The Morgan fingerprint density at radius 1 is 1.47 bits per heavy atom. The Hall–Kier alpha value is -1.42. The standard InChI is InChI=1S/C10H8ClFO3/c1-15-10(14)9(13)8(11)6-3-2-4-7(12)5-6/h2-5,8H,1H3. The first-order valence-electron chi connectivity index (χ1n) is 4.08. The zero-order valence-electron chi connectivity index (χ0n) is 7.87. The van der Waals surface area contributed by atoms with Gasteiger partial charge in [0.1, 0.15) is 11.2 Å². The number of ether oxygens (including phenoxy) is 1. The zero-order valence-corrected chi connectivity index (χ0v) is 8.62. The maximum atomic E-state index is 12.8. The largest absolute Gasteiger partial charge is 0.463 e. The quantitative estimate of drug-likeness (QED) is 0.452. The number of alkyl halides is 1. The number of hydrogen-bond donors (Lipinski definition) is 0. The molecule has 0 fully saturated rings. The Balaban J connectivity index is 2.89.